The Kier molecular flexibility index (Phi) is 6.62. The zero-order valence-corrected chi connectivity index (χ0v) is 14.0. The summed E-state index contributed by atoms with van der Waals surface area (Å²) in [5.41, 5.74) is 0. The van der Waals surface area contributed by atoms with Crippen LogP contribution >= 0.6 is 0 Å². The highest BCUT2D eigenvalue weighted by Crippen LogP contribution is 2.10. The summed E-state index contributed by atoms with van der Waals surface area (Å²) in [4.78, 5) is 25.6. The van der Waals surface area contributed by atoms with E-state index in [0.717, 1.165) is 11.5 Å². The first-order chi connectivity index (χ1) is 11.5. The van der Waals surface area contributed by atoms with Gasteiger partial charge in [0.1, 0.15) is 11.5 Å². The van der Waals surface area contributed by atoms with Gasteiger partial charge in [-0.15, -0.1) is 0 Å². The summed E-state index contributed by atoms with van der Waals surface area (Å²) in [6.07, 6.45) is 3.17. The molecule has 2 aromatic rings. The largest absolute Gasteiger partial charge is 0.468 e. The van der Waals surface area contributed by atoms with Crippen molar-refractivity contribution in [2.75, 3.05) is 13.1 Å². The molecule has 3 amide bonds. The summed E-state index contributed by atoms with van der Waals surface area (Å²) < 4.78 is 10.7. The lowest BCUT2D eigenvalue weighted by Gasteiger charge is -2.19. The van der Waals surface area contributed by atoms with E-state index in [1.54, 1.807) is 24.7 Å². The van der Waals surface area contributed by atoms with Crippen LogP contribution in [-0.2, 0) is 17.9 Å². The normalized spacial score (nSPS) is 11.0. The van der Waals surface area contributed by atoms with Crippen LogP contribution in [-0.4, -0.2) is 29.9 Å². The van der Waals surface area contributed by atoms with E-state index < -0.39 is 6.03 Å². The first-order valence-corrected chi connectivity index (χ1v) is 7.87. The maximum atomic E-state index is 12.1. The number of carbonyl (C=O) groups is 2. The van der Waals surface area contributed by atoms with Crippen molar-refractivity contribution in [2.24, 2.45) is 5.92 Å². The average molecular weight is 333 g/mol. The summed E-state index contributed by atoms with van der Waals surface area (Å²) in [6.45, 7) is 5.41. The van der Waals surface area contributed by atoms with Crippen LogP contribution in [0.25, 0.3) is 0 Å². The van der Waals surface area contributed by atoms with Gasteiger partial charge in [-0.2, -0.15) is 0 Å². The van der Waals surface area contributed by atoms with Gasteiger partial charge in [-0.1, -0.05) is 13.8 Å². The van der Waals surface area contributed by atoms with E-state index in [1.165, 1.54) is 0 Å². The molecule has 0 spiro atoms. The maximum Gasteiger partial charge on any atom is 0.321 e. The number of imide groups is 1. The summed E-state index contributed by atoms with van der Waals surface area (Å²) in [6, 6.07) is 6.77. The zero-order chi connectivity index (χ0) is 17.4. The van der Waals surface area contributed by atoms with Crippen LogP contribution in [0.4, 0.5) is 4.79 Å². The Morgan fingerprint density at radius 3 is 2.12 bits per heavy atom. The fourth-order valence-corrected chi connectivity index (χ4v) is 2.12. The molecule has 0 aliphatic heterocycles. The average Bonchev–Trinajstić information content (AvgIpc) is 3.18. The Morgan fingerprint density at radius 1 is 1.08 bits per heavy atom. The van der Waals surface area contributed by atoms with Crippen LogP contribution in [0, 0.1) is 5.92 Å². The van der Waals surface area contributed by atoms with Gasteiger partial charge in [0, 0.05) is 6.54 Å². The van der Waals surface area contributed by atoms with Gasteiger partial charge in [0.05, 0.1) is 32.2 Å². The molecule has 0 aliphatic rings. The van der Waals surface area contributed by atoms with Crippen LogP contribution < -0.4 is 10.6 Å². The van der Waals surface area contributed by atoms with E-state index in [0.29, 0.717) is 25.6 Å². The highest BCUT2D eigenvalue weighted by atomic mass is 16.3. The van der Waals surface area contributed by atoms with E-state index in [2.05, 4.69) is 10.6 Å². The molecular formula is C17H23N3O4. The van der Waals surface area contributed by atoms with Gasteiger partial charge in [0.15, 0.2) is 0 Å². The summed E-state index contributed by atoms with van der Waals surface area (Å²) in [7, 11) is 0. The predicted molar refractivity (Wildman–Crippen MR) is 87.9 cm³/mol. The minimum absolute atomic E-state index is 0.0521. The molecule has 0 saturated carbocycles. The van der Waals surface area contributed by atoms with E-state index >= 15 is 0 Å². The Hall–Kier alpha value is -2.54. The molecule has 2 heterocycles. The van der Waals surface area contributed by atoms with E-state index in [4.69, 9.17) is 8.83 Å². The van der Waals surface area contributed by atoms with Crippen molar-refractivity contribution < 1.29 is 18.4 Å². The molecule has 0 atom stereocenters. The second-order valence-electron chi connectivity index (χ2n) is 5.96. The highest BCUT2D eigenvalue weighted by Gasteiger charge is 2.16. The number of furan rings is 2. The first kappa shape index (κ1) is 17.8. The van der Waals surface area contributed by atoms with E-state index in [-0.39, 0.29) is 12.5 Å². The van der Waals surface area contributed by atoms with Crippen LogP contribution in [0.3, 0.4) is 0 Å². The van der Waals surface area contributed by atoms with Crippen molar-refractivity contribution in [1.29, 1.82) is 0 Å². The van der Waals surface area contributed by atoms with Crippen molar-refractivity contribution in [3.05, 3.63) is 48.3 Å². The summed E-state index contributed by atoms with van der Waals surface area (Å²) >= 11 is 0. The molecule has 7 heteroatoms. The maximum absolute atomic E-state index is 12.1. The first-order valence-electron chi connectivity index (χ1n) is 7.87. The topological polar surface area (TPSA) is 87.7 Å². The lowest BCUT2D eigenvalue weighted by Crippen LogP contribution is -2.45. The molecule has 2 N–H and O–H groups in total. The van der Waals surface area contributed by atoms with Gasteiger partial charge >= 0.3 is 6.03 Å². The number of hydrogen-bond donors (Lipinski definition) is 2. The molecule has 0 bridgehead atoms. The Labute approximate surface area is 141 Å². The number of amides is 3. The van der Waals surface area contributed by atoms with Gasteiger partial charge in [0.25, 0.3) is 0 Å². The molecule has 24 heavy (non-hydrogen) atoms. The number of nitrogens with one attached hydrogen (secondary N) is 2. The fraction of sp³-hybridized carbons (Fsp3) is 0.412. The second kappa shape index (κ2) is 8.93. The molecular weight excluding hydrogens is 310 g/mol. The quantitative estimate of drug-likeness (QED) is 0.774. The van der Waals surface area contributed by atoms with Crippen molar-refractivity contribution in [2.45, 2.75) is 26.9 Å². The van der Waals surface area contributed by atoms with Gasteiger partial charge in [0.2, 0.25) is 5.91 Å². The Bertz CT molecular complexity index is 584. The number of nitrogens with zero attached hydrogens (tertiary/aromatic N) is 1. The van der Waals surface area contributed by atoms with Crippen molar-refractivity contribution in [3.8, 4) is 0 Å². The number of rotatable bonds is 8. The van der Waals surface area contributed by atoms with E-state index in [1.807, 2.05) is 30.9 Å². The lowest BCUT2D eigenvalue weighted by atomic mass is 10.2. The molecule has 7 nitrogen and oxygen atoms in total. The summed E-state index contributed by atoms with van der Waals surface area (Å²) in [5.74, 6) is 1.41. The highest BCUT2D eigenvalue weighted by molar-refractivity contribution is 5.95. The molecule has 2 aromatic heterocycles. The molecule has 0 aromatic carbocycles. The molecule has 0 fully saturated rings. The third kappa shape index (κ3) is 6.29. The van der Waals surface area contributed by atoms with Crippen LogP contribution in [0.15, 0.2) is 45.6 Å². The van der Waals surface area contributed by atoms with Gasteiger partial charge < -0.3 is 14.2 Å². The van der Waals surface area contributed by atoms with E-state index in [9.17, 15) is 9.59 Å². The SMILES string of the molecule is CC(C)CNC(=O)NC(=O)CN(Cc1ccco1)Cc1ccco1. The molecule has 130 valence electrons. The third-order valence-electron chi connectivity index (χ3n) is 3.21. The smallest absolute Gasteiger partial charge is 0.321 e. The van der Waals surface area contributed by atoms with Crippen molar-refractivity contribution in [3.63, 3.8) is 0 Å². The number of carbonyl (C=O) groups excluding carboxylic acids is 2. The monoisotopic (exact) mass is 333 g/mol. The van der Waals surface area contributed by atoms with Gasteiger partial charge in [-0.25, -0.2) is 4.79 Å². The van der Waals surface area contributed by atoms with Gasteiger partial charge in [-0.3, -0.25) is 15.0 Å². The van der Waals surface area contributed by atoms with Crippen molar-refractivity contribution in [1.82, 2.24) is 15.5 Å². The Balaban J connectivity index is 1.89. The minimum Gasteiger partial charge on any atom is -0.468 e. The minimum atomic E-state index is -0.482. The predicted octanol–water partition coefficient (Wildman–Crippen LogP) is 2.36. The fourth-order valence-electron chi connectivity index (χ4n) is 2.12. The third-order valence-corrected chi connectivity index (χ3v) is 3.21. The van der Waals surface area contributed by atoms with Gasteiger partial charge in [-0.05, 0) is 30.2 Å². The zero-order valence-electron chi connectivity index (χ0n) is 14.0. The molecule has 0 saturated heterocycles. The lowest BCUT2D eigenvalue weighted by molar-refractivity contribution is -0.121. The van der Waals surface area contributed by atoms with Crippen molar-refractivity contribution >= 4 is 11.9 Å². The molecule has 0 unspecified atom stereocenters. The van der Waals surface area contributed by atoms with Crippen LogP contribution in [0.1, 0.15) is 25.4 Å². The number of hydrogen-bond acceptors (Lipinski definition) is 5. The van der Waals surface area contributed by atoms with Crippen LogP contribution in [0.2, 0.25) is 0 Å². The molecule has 0 radical (unpaired) electrons. The summed E-state index contributed by atoms with van der Waals surface area (Å²) in [5, 5.41) is 4.98. The standard InChI is InChI=1S/C17H23N3O4/c1-13(2)9-18-17(22)19-16(21)12-20(10-14-5-3-7-23-14)11-15-6-4-8-24-15/h3-8,13H,9-12H2,1-2H3,(H2,18,19,21,22). The molecule has 0 aliphatic carbocycles. The number of urea groups is 1. The van der Waals surface area contributed by atoms with Crippen LogP contribution in [0.5, 0.6) is 0 Å². The molecule has 2 rings (SSSR count). The second-order valence-corrected chi connectivity index (χ2v) is 5.96. The Morgan fingerprint density at radius 2 is 1.67 bits per heavy atom.